The third kappa shape index (κ3) is 2.46. The number of rotatable bonds is 3. The number of hydrogen-bond acceptors (Lipinski definition) is 3. The van der Waals surface area contributed by atoms with E-state index in [1.54, 1.807) is 19.2 Å². The second kappa shape index (κ2) is 5.93. The SMILES string of the molecule is COc1ccc(C(=O)O)c2c1nc(C1CCCC1)n2C.Cl. The fourth-order valence-corrected chi connectivity index (χ4v) is 3.20. The lowest BCUT2D eigenvalue weighted by atomic mass is 10.1. The highest BCUT2D eigenvalue weighted by Gasteiger charge is 2.25. The van der Waals surface area contributed by atoms with Crippen molar-refractivity contribution in [3.8, 4) is 5.75 Å². The first kappa shape index (κ1) is 15.6. The molecule has 0 amide bonds. The van der Waals surface area contributed by atoms with Gasteiger partial charge in [-0.15, -0.1) is 12.4 Å². The molecule has 1 aliphatic rings. The number of carboxylic acids is 1. The van der Waals surface area contributed by atoms with Crippen molar-refractivity contribution >= 4 is 29.4 Å². The van der Waals surface area contributed by atoms with E-state index in [0.717, 1.165) is 18.7 Å². The Morgan fingerprint density at radius 1 is 1.38 bits per heavy atom. The minimum absolute atomic E-state index is 0. The Bertz CT molecular complexity index is 675. The van der Waals surface area contributed by atoms with Gasteiger partial charge >= 0.3 is 5.97 Å². The summed E-state index contributed by atoms with van der Waals surface area (Å²) in [6, 6.07) is 3.26. The third-order valence-corrected chi connectivity index (χ3v) is 4.19. The molecule has 114 valence electrons. The Labute approximate surface area is 129 Å². The quantitative estimate of drug-likeness (QED) is 0.944. The number of aromatic nitrogens is 2. The van der Waals surface area contributed by atoms with Crippen molar-refractivity contribution in [1.29, 1.82) is 0 Å². The van der Waals surface area contributed by atoms with Crippen LogP contribution < -0.4 is 4.74 Å². The number of halogens is 1. The van der Waals surface area contributed by atoms with E-state index in [0.29, 0.717) is 22.7 Å². The first-order valence-electron chi connectivity index (χ1n) is 6.90. The van der Waals surface area contributed by atoms with Gasteiger partial charge in [-0.25, -0.2) is 9.78 Å². The summed E-state index contributed by atoms with van der Waals surface area (Å²) in [7, 11) is 3.48. The smallest absolute Gasteiger partial charge is 0.337 e. The van der Waals surface area contributed by atoms with Gasteiger partial charge in [0, 0.05) is 13.0 Å². The normalized spacial score (nSPS) is 15.1. The van der Waals surface area contributed by atoms with Gasteiger partial charge in [-0.3, -0.25) is 0 Å². The molecule has 1 aromatic heterocycles. The molecule has 0 bridgehead atoms. The minimum Gasteiger partial charge on any atom is -0.494 e. The number of carboxylic acid groups (broad SMARTS) is 1. The molecule has 1 fully saturated rings. The van der Waals surface area contributed by atoms with Crippen LogP contribution in [0.4, 0.5) is 0 Å². The van der Waals surface area contributed by atoms with E-state index >= 15 is 0 Å². The number of aromatic carboxylic acids is 1. The molecule has 0 saturated heterocycles. The largest absolute Gasteiger partial charge is 0.494 e. The van der Waals surface area contributed by atoms with Gasteiger partial charge in [-0.05, 0) is 25.0 Å². The molecular weight excluding hydrogens is 292 g/mol. The molecule has 6 heteroatoms. The van der Waals surface area contributed by atoms with Gasteiger partial charge in [0.05, 0.1) is 18.2 Å². The van der Waals surface area contributed by atoms with E-state index in [1.807, 2.05) is 11.6 Å². The minimum atomic E-state index is -0.932. The summed E-state index contributed by atoms with van der Waals surface area (Å²) in [6.45, 7) is 0. The predicted octanol–water partition coefficient (Wildman–Crippen LogP) is 3.36. The van der Waals surface area contributed by atoms with Crippen LogP contribution in [0.2, 0.25) is 0 Å². The molecule has 5 nitrogen and oxygen atoms in total. The van der Waals surface area contributed by atoms with E-state index in [2.05, 4.69) is 4.98 Å². The van der Waals surface area contributed by atoms with Gasteiger partial charge in [0.15, 0.2) is 0 Å². The number of fused-ring (bicyclic) bond motifs is 1. The van der Waals surface area contributed by atoms with Gasteiger partial charge in [-0.2, -0.15) is 0 Å². The highest BCUT2D eigenvalue weighted by atomic mass is 35.5. The van der Waals surface area contributed by atoms with Crippen molar-refractivity contribution in [1.82, 2.24) is 9.55 Å². The van der Waals surface area contributed by atoms with Gasteiger partial charge in [-0.1, -0.05) is 12.8 Å². The lowest BCUT2D eigenvalue weighted by molar-refractivity contribution is 0.0698. The van der Waals surface area contributed by atoms with Crippen LogP contribution in [0, 0.1) is 0 Å². The summed E-state index contributed by atoms with van der Waals surface area (Å²) in [5.41, 5.74) is 1.58. The molecule has 1 saturated carbocycles. The van der Waals surface area contributed by atoms with Crippen LogP contribution in [-0.4, -0.2) is 27.7 Å². The third-order valence-electron chi connectivity index (χ3n) is 4.19. The molecule has 0 radical (unpaired) electrons. The Kier molecular flexibility index (Phi) is 4.42. The fourth-order valence-electron chi connectivity index (χ4n) is 3.20. The topological polar surface area (TPSA) is 64.3 Å². The van der Waals surface area contributed by atoms with Gasteiger partial charge in [0.25, 0.3) is 0 Å². The zero-order chi connectivity index (χ0) is 14.3. The molecule has 1 heterocycles. The van der Waals surface area contributed by atoms with Crippen molar-refractivity contribution < 1.29 is 14.6 Å². The molecule has 1 aromatic carbocycles. The molecule has 0 aliphatic heterocycles. The predicted molar refractivity (Wildman–Crippen MR) is 82.7 cm³/mol. The van der Waals surface area contributed by atoms with E-state index < -0.39 is 5.97 Å². The van der Waals surface area contributed by atoms with Crippen LogP contribution in [0.25, 0.3) is 11.0 Å². The van der Waals surface area contributed by atoms with Crippen molar-refractivity contribution in [3.63, 3.8) is 0 Å². The Morgan fingerprint density at radius 3 is 2.62 bits per heavy atom. The van der Waals surface area contributed by atoms with Crippen molar-refractivity contribution in [3.05, 3.63) is 23.5 Å². The number of nitrogens with zero attached hydrogens (tertiary/aromatic N) is 2. The number of aryl methyl sites for hydroxylation is 1. The van der Waals surface area contributed by atoms with Crippen LogP contribution in [0.15, 0.2) is 12.1 Å². The van der Waals surface area contributed by atoms with Crippen molar-refractivity contribution in [2.75, 3.05) is 7.11 Å². The molecular formula is C15H19ClN2O3. The summed E-state index contributed by atoms with van der Waals surface area (Å²) in [5, 5.41) is 9.36. The molecule has 3 rings (SSSR count). The van der Waals surface area contributed by atoms with Crippen LogP contribution >= 0.6 is 12.4 Å². The second-order valence-electron chi connectivity index (χ2n) is 5.33. The monoisotopic (exact) mass is 310 g/mol. The van der Waals surface area contributed by atoms with Crippen LogP contribution in [0.5, 0.6) is 5.75 Å². The van der Waals surface area contributed by atoms with Crippen LogP contribution in [0.3, 0.4) is 0 Å². The molecule has 21 heavy (non-hydrogen) atoms. The van der Waals surface area contributed by atoms with Gasteiger partial charge < -0.3 is 14.4 Å². The van der Waals surface area contributed by atoms with Crippen LogP contribution in [-0.2, 0) is 7.05 Å². The molecule has 0 atom stereocenters. The standard InChI is InChI=1S/C15H18N2O3.ClH/c1-17-13-10(15(18)19)7-8-11(20-2)12(13)16-14(17)9-5-3-4-6-9;/h7-9H,3-6H2,1-2H3,(H,18,19);1H. The summed E-state index contributed by atoms with van der Waals surface area (Å²) < 4.78 is 7.25. The highest BCUT2D eigenvalue weighted by molar-refractivity contribution is 6.03. The summed E-state index contributed by atoms with van der Waals surface area (Å²) >= 11 is 0. The Morgan fingerprint density at radius 2 is 2.05 bits per heavy atom. The maximum Gasteiger partial charge on any atom is 0.337 e. The maximum absolute atomic E-state index is 11.4. The van der Waals surface area contributed by atoms with Crippen molar-refractivity contribution in [2.24, 2.45) is 7.05 Å². The lowest BCUT2D eigenvalue weighted by Crippen LogP contribution is -2.05. The molecule has 1 aliphatic carbocycles. The molecule has 0 unspecified atom stereocenters. The number of ether oxygens (including phenoxy) is 1. The van der Waals surface area contributed by atoms with Gasteiger partial charge in [0.2, 0.25) is 0 Å². The number of carbonyl (C=O) groups is 1. The van der Waals surface area contributed by atoms with E-state index in [1.165, 1.54) is 12.8 Å². The lowest BCUT2D eigenvalue weighted by Gasteiger charge is -2.09. The van der Waals surface area contributed by atoms with E-state index in [-0.39, 0.29) is 18.0 Å². The Hall–Kier alpha value is -1.75. The molecule has 1 N–H and O–H groups in total. The zero-order valence-electron chi connectivity index (χ0n) is 12.1. The van der Waals surface area contributed by atoms with E-state index in [4.69, 9.17) is 4.74 Å². The molecule has 2 aromatic rings. The van der Waals surface area contributed by atoms with Crippen LogP contribution in [0.1, 0.15) is 47.8 Å². The summed E-state index contributed by atoms with van der Waals surface area (Å²) in [6.07, 6.45) is 4.69. The van der Waals surface area contributed by atoms with Crippen molar-refractivity contribution in [2.45, 2.75) is 31.6 Å². The first-order valence-corrected chi connectivity index (χ1v) is 6.90. The Balaban J connectivity index is 0.00000161. The summed E-state index contributed by atoms with van der Waals surface area (Å²) in [5.74, 6) is 1.10. The first-order chi connectivity index (χ1) is 9.63. The summed E-state index contributed by atoms with van der Waals surface area (Å²) in [4.78, 5) is 16.1. The average Bonchev–Trinajstić information content (AvgIpc) is 3.06. The van der Waals surface area contributed by atoms with E-state index in [9.17, 15) is 9.90 Å². The zero-order valence-corrected chi connectivity index (χ0v) is 12.9. The average molecular weight is 311 g/mol. The van der Waals surface area contributed by atoms with Gasteiger partial charge in [0.1, 0.15) is 17.1 Å². The second-order valence-corrected chi connectivity index (χ2v) is 5.33. The molecule has 0 spiro atoms. The highest BCUT2D eigenvalue weighted by Crippen LogP contribution is 2.37. The number of methoxy groups -OCH3 is 1. The number of hydrogen-bond donors (Lipinski definition) is 1. The fraction of sp³-hybridized carbons (Fsp3) is 0.467. The number of imidazole rings is 1. The number of benzene rings is 1. The maximum atomic E-state index is 11.4.